The summed E-state index contributed by atoms with van der Waals surface area (Å²) in [6.45, 7) is 4.86. The number of morpholine rings is 1. The van der Waals surface area contributed by atoms with Crippen LogP contribution in [0, 0.1) is 10.1 Å². The van der Waals surface area contributed by atoms with Crippen molar-refractivity contribution in [2.24, 2.45) is 0 Å². The van der Waals surface area contributed by atoms with Gasteiger partial charge in [0.2, 0.25) is 0 Å². The van der Waals surface area contributed by atoms with E-state index in [9.17, 15) is 14.9 Å². The molecule has 1 saturated heterocycles. The van der Waals surface area contributed by atoms with E-state index in [1.54, 1.807) is 4.90 Å². The third kappa shape index (κ3) is 4.16. The molecule has 0 N–H and O–H groups in total. The fourth-order valence-corrected chi connectivity index (χ4v) is 2.28. The Bertz CT molecular complexity index is 507. The average molecular weight is 294 g/mol. The smallest absolute Gasteiger partial charge is 0.269 e. The van der Waals surface area contributed by atoms with E-state index in [1.807, 2.05) is 13.8 Å². The predicted molar refractivity (Wildman–Crippen MR) is 75.2 cm³/mol. The Morgan fingerprint density at radius 2 is 1.90 bits per heavy atom. The van der Waals surface area contributed by atoms with Crippen molar-refractivity contribution in [3.8, 4) is 5.75 Å². The predicted octanol–water partition coefficient (Wildman–Crippen LogP) is 1.61. The molecule has 2 atom stereocenters. The molecule has 0 spiro atoms. The van der Waals surface area contributed by atoms with Gasteiger partial charge in [-0.2, -0.15) is 0 Å². The third-order valence-electron chi connectivity index (χ3n) is 3.18. The van der Waals surface area contributed by atoms with Crippen LogP contribution in [0.1, 0.15) is 13.8 Å². The molecule has 1 aromatic rings. The molecule has 0 aromatic heterocycles. The highest BCUT2D eigenvalue weighted by atomic mass is 16.6. The zero-order valence-electron chi connectivity index (χ0n) is 12.0. The van der Waals surface area contributed by atoms with Gasteiger partial charge < -0.3 is 14.4 Å². The van der Waals surface area contributed by atoms with Crippen LogP contribution in [0.15, 0.2) is 24.3 Å². The van der Waals surface area contributed by atoms with Gasteiger partial charge in [-0.05, 0) is 26.0 Å². The summed E-state index contributed by atoms with van der Waals surface area (Å²) in [6, 6.07) is 5.66. The lowest BCUT2D eigenvalue weighted by Crippen LogP contribution is -2.49. The SMILES string of the molecule is C[C@@H]1CN(C(=O)COc2ccc([N+](=O)[O-])cc2)C[C@H](C)O1. The van der Waals surface area contributed by atoms with E-state index < -0.39 is 4.92 Å². The summed E-state index contributed by atoms with van der Waals surface area (Å²) in [5.74, 6) is 0.318. The fraction of sp³-hybridized carbons (Fsp3) is 0.500. The molecule has 0 saturated carbocycles. The third-order valence-corrected chi connectivity index (χ3v) is 3.18. The van der Waals surface area contributed by atoms with Crippen molar-refractivity contribution in [2.45, 2.75) is 26.1 Å². The summed E-state index contributed by atoms with van der Waals surface area (Å²) in [4.78, 5) is 23.8. The minimum absolute atomic E-state index is 0.00972. The number of rotatable bonds is 4. The van der Waals surface area contributed by atoms with Crippen LogP contribution >= 0.6 is 0 Å². The van der Waals surface area contributed by atoms with Crippen LogP contribution in [-0.2, 0) is 9.53 Å². The summed E-state index contributed by atoms with van der Waals surface area (Å²) < 4.78 is 10.9. The van der Waals surface area contributed by atoms with Crippen LogP contribution in [0.25, 0.3) is 0 Å². The first-order chi connectivity index (χ1) is 9.95. The van der Waals surface area contributed by atoms with Crippen molar-refractivity contribution in [3.05, 3.63) is 34.4 Å². The number of carbonyl (C=O) groups excluding carboxylic acids is 1. The van der Waals surface area contributed by atoms with E-state index in [1.165, 1.54) is 24.3 Å². The number of nitro groups is 1. The van der Waals surface area contributed by atoms with Gasteiger partial charge in [0.1, 0.15) is 5.75 Å². The Kier molecular flexibility index (Phi) is 4.74. The number of hydrogen-bond donors (Lipinski definition) is 0. The van der Waals surface area contributed by atoms with Gasteiger partial charge in [0.05, 0.1) is 17.1 Å². The molecule has 21 heavy (non-hydrogen) atoms. The second-order valence-electron chi connectivity index (χ2n) is 5.10. The molecular weight excluding hydrogens is 276 g/mol. The van der Waals surface area contributed by atoms with E-state index >= 15 is 0 Å². The number of carbonyl (C=O) groups is 1. The summed E-state index contributed by atoms with van der Waals surface area (Å²) in [7, 11) is 0. The van der Waals surface area contributed by atoms with Crippen molar-refractivity contribution in [1.29, 1.82) is 0 Å². The largest absolute Gasteiger partial charge is 0.484 e. The first-order valence-corrected chi connectivity index (χ1v) is 6.76. The van der Waals surface area contributed by atoms with Gasteiger partial charge in [-0.25, -0.2) is 0 Å². The lowest BCUT2D eigenvalue weighted by Gasteiger charge is -2.35. The summed E-state index contributed by atoms with van der Waals surface area (Å²) in [6.07, 6.45) is 0.0224. The lowest BCUT2D eigenvalue weighted by molar-refractivity contribution is -0.384. The maximum atomic E-state index is 12.1. The van der Waals surface area contributed by atoms with Crippen molar-refractivity contribution in [3.63, 3.8) is 0 Å². The van der Waals surface area contributed by atoms with Crippen molar-refractivity contribution in [2.75, 3.05) is 19.7 Å². The first-order valence-electron chi connectivity index (χ1n) is 6.76. The number of nitrogens with zero attached hydrogens (tertiary/aromatic N) is 2. The standard InChI is InChI=1S/C14H18N2O5/c1-10-7-15(8-11(2)21-10)14(17)9-20-13-5-3-12(4-6-13)16(18)19/h3-6,10-11H,7-9H2,1-2H3/t10-,11+. The van der Waals surface area contributed by atoms with Gasteiger partial charge in [0, 0.05) is 25.2 Å². The Morgan fingerprint density at radius 1 is 1.33 bits per heavy atom. The Labute approximate surface area is 122 Å². The summed E-state index contributed by atoms with van der Waals surface area (Å²) in [5, 5.41) is 10.5. The van der Waals surface area contributed by atoms with E-state index in [4.69, 9.17) is 9.47 Å². The topological polar surface area (TPSA) is 81.9 Å². The highest BCUT2D eigenvalue weighted by Gasteiger charge is 2.25. The number of non-ortho nitro benzene ring substituents is 1. The zero-order valence-corrected chi connectivity index (χ0v) is 12.0. The molecule has 7 nitrogen and oxygen atoms in total. The van der Waals surface area contributed by atoms with E-state index in [0.717, 1.165) is 0 Å². The second-order valence-corrected chi connectivity index (χ2v) is 5.10. The van der Waals surface area contributed by atoms with Crippen LogP contribution < -0.4 is 4.74 Å². The minimum Gasteiger partial charge on any atom is -0.484 e. The molecule has 1 fully saturated rings. The number of hydrogen-bond acceptors (Lipinski definition) is 5. The van der Waals surface area contributed by atoms with Crippen LogP contribution in [0.4, 0.5) is 5.69 Å². The molecule has 1 aliphatic heterocycles. The normalized spacial score (nSPS) is 21.9. The first kappa shape index (κ1) is 15.2. The van der Waals surface area contributed by atoms with Crippen molar-refractivity contribution in [1.82, 2.24) is 4.90 Å². The maximum Gasteiger partial charge on any atom is 0.269 e. The van der Waals surface area contributed by atoms with Gasteiger partial charge in [-0.15, -0.1) is 0 Å². The summed E-state index contributed by atoms with van der Waals surface area (Å²) in [5.41, 5.74) is -0.00972. The van der Waals surface area contributed by atoms with E-state index in [-0.39, 0.29) is 30.4 Å². The monoisotopic (exact) mass is 294 g/mol. The lowest BCUT2D eigenvalue weighted by atomic mass is 10.2. The van der Waals surface area contributed by atoms with Crippen LogP contribution in [0.2, 0.25) is 0 Å². The van der Waals surface area contributed by atoms with Gasteiger partial charge in [-0.3, -0.25) is 14.9 Å². The zero-order chi connectivity index (χ0) is 15.4. The van der Waals surface area contributed by atoms with Gasteiger partial charge in [0.15, 0.2) is 6.61 Å². The van der Waals surface area contributed by atoms with Crippen molar-refractivity contribution < 1.29 is 19.2 Å². The molecule has 2 rings (SSSR count). The van der Waals surface area contributed by atoms with E-state index in [2.05, 4.69) is 0 Å². The molecule has 0 radical (unpaired) electrons. The molecule has 0 aliphatic carbocycles. The average Bonchev–Trinajstić information content (AvgIpc) is 2.44. The van der Waals surface area contributed by atoms with Crippen LogP contribution in [0.3, 0.4) is 0 Å². The number of benzene rings is 1. The fourth-order valence-electron chi connectivity index (χ4n) is 2.28. The molecule has 0 unspecified atom stereocenters. The Hall–Kier alpha value is -2.15. The highest BCUT2D eigenvalue weighted by Crippen LogP contribution is 2.17. The molecule has 7 heteroatoms. The number of amides is 1. The number of ether oxygens (including phenoxy) is 2. The quantitative estimate of drug-likeness (QED) is 0.622. The van der Waals surface area contributed by atoms with Crippen LogP contribution in [-0.4, -0.2) is 47.6 Å². The molecule has 1 aliphatic rings. The van der Waals surface area contributed by atoms with Gasteiger partial charge in [-0.1, -0.05) is 0 Å². The van der Waals surface area contributed by atoms with E-state index in [0.29, 0.717) is 18.8 Å². The van der Waals surface area contributed by atoms with Crippen LogP contribution in [0.5, 0.6) is 5.75 Å². The highest BCUT2D eigenvalue weighted by molar-refractivity contribution is 5.78. The Balaban J connectivity index is 1.87. The molecule has 1 amide bonds. The molecule has 1 aromatic carbocycles. The molecule has 0 bridgehead atoms. The van der Waals surface area contributed by atoms with Gasteiger partial charge >= 0.3 is 0 Å². The molecule has 114 valence electrons. The second kappa shape index (κ2) is 6.53. The Morgan fingerprint density at radius 3 is 2.43 bits per heavy atom. The van der Waals surface area contributed by atoms with Gasteiger partial charge in [0.25, 0.3) is 11.6 Å². The molecule has 1 heterocycles. The summed E-state index contributed by atoms with van der Waals surface area (Å²) >= 11 is 0. The minimum atomic E-state index is -0.481. The molecular formula is C14H18N2O5. The maximum absolute atomic E-state index is 12.1. The number of nitro benzene ring substituents is 1. The van der Waals surface area contributed by atoms with Crippen molar-refractivity contribution >= 4 is 11.6 Å².